The highest BCUT2D eigenvalue weighted by Crippen LogP contribution is 2.27. The molecule has 1 fully saturated rings. The van der Waals surface area contributed by atoms with E-state index in [1.54, 1.807) is 31.2 Å². The first-order chi connectivity index (χ1) is 16.3. The maximum atomic E-state index is 13.4. The minimum absolute atomic E-state index is 0.0426. The van der Waals surface area contributed by atoms with Gasteiger partial charge in [-0.05, 0) is 50.2 Å². The van der Waals surface area contributed by atoms with Gasteiger partial charge in [0.05, 0.1) is 30.8 Å². The van der Waals surface area contributed by atoms with Gasteiger partial charge in [-0.2, -0.15) is 0 Å². The number of esters is 1. The number of aryl methyl sites for hydroxylation is 1. The van der Waals surface area contributed by atoms with Crippen LogP contribution < -0.4 is 4.90 Å². The highest BCUT2D eigenvalue weighted by Gasteiger charge is 2.45. The Morgan fingerprint density at radius 3 is 2.15 bits per heavy atom. The smallest absolute Gasteiger partial charge is 0.338 e. The fourth-order valence-electron chi connectivity index (χ4n) is 3.71. The average Bonchev–Trinajstić information content (AvgIpc) is 3.13. The molecule has 0 bridgehead atoms. The molecule has 1 heterocycles. The summed E-state index contributed by atoms with van der Waals surface area (Å²) in [5, 5.41) is 0. The molecule has 0 saturated carbocycles. The topological polar surface area (TPSA) is 102 Å². The summed E-state index contributed by atoms with van der Waals surface area (Å²) in [6, 6.07) is 11.9. The first-order valence-corrected chi connectivity index (χ1v) is 10.9. The molecule has 34 heavy (non-hydrogen) atoms. The number of methoxy groups -OCH3 is 2. The van der Waals surface area contributed by atoms with E-state index in [1.807, 2.05) is 6.92 Å². The number of ether oxygens (including phenoxy) is 3. The van der Waals surface area contributed by atoms with E-state index in [2.05, 4.69) is 0 Å². The third kappa shape index (κ3) is 5.32. The Morgan fingerprint density at radius 1 is 1.00 bits per heavy atom. The van der Waals surface area contributed by atoms with Crippen molar-refractivity contribution < 1.29 is 33.4 Å². The maximum absolute atomic E-state index is 13.4. The molecule has 2 aromatic carbocycles. The minimum atomic E-state index is -1.03. The van der Waals surface area contributed by atoms with Crippen molar-refractivity contribution >= 4 is 29.4 Å². The van der Waals surface area contributed by atoms with Gasteiger partial charge in [0.1, 0.15) is 6.04 Å². The van der Waals surface area contributed by atoms with Crippen molar-refractivity contribution in [2.45, 2.75) is 32.6 Å². The number of hydrogen-bond donors (Lipinski definition) is 0. The van der Waals surface area contributed by atoms with Gasteiger partial charge in [0, 0.05) is 19.8 Å². The molecular formula is C25H28N2O7. The normalized spacial score (nSPS) is 15.7. The second kappa shape index (κ2) is 11.0. The summed E-state index contributed by atoms with van der Waals surface area (Å²) in [7, 11) is 2.86. The Hall–Kier alpha value is -3.56. The zero-order chi connectivity index (χ0) is 24.8. The fraction of sp³-hybridized carbons (Fsp3) is 0.360. The summed E-state index contributed by atoms with van der Waals surface area (Å²) < 4.78 is 15.5. The van der Waals surface area contributed by atoms with Crippen LogP contribution in [0, 0.1) is 6.92 Å². The summed E-state index contributed by atoms with van der Waals surface area (Å²) in [5.41, 5.74) is 1.98. The van der Waals surface area contributed by atoms with Crippen LogP contribution in [0.5, 0.6) is 0 Å². The van der Waals surface area contributed by atoms with Gasteiger partial charge in [0.2, 0.25) is 5.91 Å². The number of carbonyl (C=O) groups excluding carboxylic acids is 4. The Kier molecular flexibility index (Phi) is 8.14. The highest BCUT2D eigenvalue weighted by atomic mass is 16.7. The summed E-state index contributed by atoms with van der Waals surface area (Å²) in [5.74, 6) is -1.90. The molecule has 1 aliphatic rings. The minimum Gasteiger partial charge on any atom is -0.462 e. The lowest BCUT2D eigenvalue weighted by atomic mass is 10.1. The molecule has 3 rings (SSSR count). The number of hydrogen-bond acceptors (Lipinski definition) is 7. The molecule has 9 nitrogen and oxygen atoms in total. The Labute approximate surface area is 198 Å². The molecule has 1 unspecified atom stereocenters. The van der Waals surface area contributed by atoms with E-state index < -0.39 is 36.0 Å². The number of benzene rings is 2. The van der Waals surface area contributed by atoms with Crippen LogP contribution in [0.3, 0.4) is 0 Å². The second-order valence-corrected chi connectivity index (χ2v) is 7.78. The molecule has 180 valence electrons. The van der Waals surface area contributed by atoms with Gasteiger partial charge in [-0.3, -0.25) is 14.4 Å². The van der Waals surface area contributed by atoms with Crippen LogP contribution in [0.4, 0.5) is 5.69 Å². The van der Waals surface area contributed by atoms with Crippen LogP contribution in [0.15, 0.2) is 48.5 Å². The molecule has 0 aliphatic carbocycles. The lowest BCUT2D eigenvalue weighted by molar-refractivity contribution is -0.128. The molecular weight excluding hydrogens is 440 g/mol. The van der Waals surface area contributed by atoms with Gasteiger partial charge in [0.25, 0.3) is 11.8 Å². The van der Waals surface area contributed by atoms with E-state index in [1.165, 1.54) is 43.4 Å². The van der Waals surface area contributed by atoms with Crippen LogP contribution in [0.25, 0.3) is 0 Å². The van der Waals surface area contributed by atoms with Crippen molar-refractivity contribution in [2.24, 2.45) is 0 Å². The van der Waals surface area contributed by atoms with Crippen molar-refractivity contribution in [3.63, 3.8) is 0 Å². The van der Waals surface area contributed by atoms with Crippen LogP contribution in [-0.4, -0.2) is 68.3 Å². The number of anilines is 1. The van der Waals surface area contributed by atoms with Gasteiger partial charge in [-0.1, -0.05) is 17.7 Å². The number of nitrogens with zero attached hydrogens (tertiary/aromatic N) is 2. The van der Waals surface area contributed by atoms with Gasteiger partial charge in [-0.15, -0.1) is 0 Å². The molecule has 0 aromatic heterocycles. The van der Waals surface area contributed by atoms with Gasteiger partial charge < -0.3 is 19.1 Å². The van der Waals surface area contributed by atoms with Crippen molar-refractivity contribution in [3.8, 4) is 0 Å². The lowest BCUT2D eigenvalue weighted by Gasteiger charge is -2.30. The van der Waals surface area contributed by atoms with Crippen LogP contribution in [0.2, 0.25) is 0 Å². The predicted octanol–water partition coefficient (Wildman–Crippen LogP) is 2.56. The van der Waals surface area contributed by atoms with Crippen LogP contribution >= 0.6 is 0 Å². The summed E-state index contributed by atoms with van der Waals surface area (Å²) in [6.45, 7) is 3.80. The second-order valence-electron chi connectivity index (χ2n) is 7.78. The third-order valence-electron chi connectivity index (χ3n) is 5.57. The van der Waals surface area contributed by atoms with E-state index >= 15 is 0 Å². The largest absolute Gasteiger partial charge is 0.462 e. The average molecular weight is 469 g/mol. The first-order valence-electron chi connectivity index (χ1n) is 10.9. The molecule has 0 N–H and O–H groups in total. The zero-order valence-electron chi connectivity index (χ0n) is 19.6. The Balaban J connectivity index is 1.89. The molecule has 0 spiro atoms. The Morgan fingerprint density at radius 2 is 1.59 bits per heavy atom. The summed E-state index contributed by atoms with van der Waals surface area (Å²) in [4.78, 5) is 53.8. The van der Waals surface area contributed by atoms with Crippen molar-refractivity contribution in [3.05, 3.63) is 65.2 Å². The SMILES string of the molecule is CCOC(=O)c1ccc(N2C(=O)CC(N(CC(OC)OC)C(=O)c3ccc(C)cc3)C2=O)cc1. The summed E-state index contributed by atoms with van der Waals surface area (Å²) in [6.07, 6.45) is -0.967. The predicted molar refractivity (Wildman–Crippen MR) is 123 cm³/mol. The molecule has 2 aromatic rings. The van der Waals surface area contributed by atoms with E-state index in [-0.39, 0.29) is 19.6 Å². The molecule has 3 amide bonds. The Bertz CT molecular complexity index is 1050. The standard InChI is InChI=1S/C25H28N2O7/c1-5-34-25(31)18-10-12-19(13-11-18)27-21(28)14-20(24(27)30)26(15-22(32-3)33-4)23(29)17-8-6-16(2)7-9-17/h6-13,20,22H,5,14-15H2,1-4H3. The molecule has 9 heteroatoms. The highest BCUT2D eigenvalue weighted by molar-refractivity contribution is 6.23. The van der Waals surface area contributed by atoms with Crippen molar-refractivity contribution in [1.29, 1.82) is 0 Å². The molecule has 0 radical (unpaired) electrons. The van der Waals surface area contributed by atoms with E-state index in [0.29, 0.717) is 16.8 Å². The molecule has 1 atom stereocenters. The maximum Gasteiger partial charge on any atom is 0.338 e. The number of amides is 3. The van der Waals surface area contributed by atoms with E-state index in [9.17, 15) is 19.2 Å². The zero-order valence-corrected chi connectivity index (χ0v) is 19.6. The van der Waals surface area contributed by atoms with Gasteiger partial charge in [-0.25, -0.2) is 9.69 Å². The van der Waals surface area contributed by atoms with Crippen molar-refractivity contribution in [2.75, 3.05) is 32.3 Å². The number of imide groups is 1. The fourth-order valence-corrected chi connectivity index (χ4v) is 3.71. The van der Waals surface area contributed by atoms with Gasteiger partial charge >= 0.3 is 5.97 Å². The summed E-state index contributed by atoms with van der Waals surface area (Å²) >= 11 is 0. The molecule has 1 saturated heterocycles. The monoisotopic (exact) mass is 468 g/mol. The van der Waals surface area contributed by atoms with Gasteiger partial charge in [0.15, 0.2) is 6.29 Å². The van der Waals surface area contributed by atoms with E-state index in [4.69, 9.17) is 14.2 Å². The molecule has 1 aliphatic heterocycles. The lowest BCUT2D eigenvalue weighted by Crippen LogP contribution is -2.49. The van der Waals surface area contributed by atoms with Crippen molar-refractivity contribution in [1.82, 2.24) is 4.90 Å². The number of carbonyl (C=O) groups is 4. The number of rotatable bonds is 9. The third-order valence-corrected chi connectivity index (χ3v) is 5.57. The van der Waals surface area contributed by atoms with Crippen LogP contribution in [-0.2, 0) is 23.8 Å². The van der Waals surface area contributed by atoms with E-state index in [0.717, 1.165) is 10.5 Å². The van der Waals surface area contributed by atoms with Crippen LogP contribution in [0.1, 0.15) is 39.6 Å². The first kappa shape index (κ1) is 25.1. The quantitative estimate of drug-likeness (QED) is 0.317.